The van der Waals surface area contributed by atoms with Gasteiger partial charge in [-0.1, -0.05) is 62.1 Å². The molecule has 150 valence electrons. The van der Waals surface area contributed by atoms with Crippen LogP contribution in [0.1, 0.15) is 51.0 Å². The standard InChI is InChI=1S/C19H28BrN3O2S2/c1-14(11-15-7-3-2-4-8-15)22-12-16-9-5-6-10-17(16)23-13-18(20)26-19(23)27(21,24)25/h5-6,9-10,13-15,19,22H,2-4,7-8,11-12H2,1H3,(H2,21,24,25). The van der Waals surface area contributed by atoms with E-state index in [-0.39, 0.29) is 0 Å². The first-order valence-corrected chi connectivity index (χ1v) is 12.8. The average molecular weight is 474 g/mol. The first-order valence-electron chi connectivity index (χ1n) is 9.50. The summed E-state index contributed by atoms with van der Waals surface area (Å²) in [5.74, 6) is 0.831. The van der Waals surface area contributed by atoms with Gasteiger partial charge in [0.15, 0.2) is 0 Å². The van der Waals surface area contributed by atoms with Crippen molar-refractivity contribution in [3.8, 4) is 0 Å². The van der Waals surface area contributed by atoms with Gasteiger partial charge in [0, 0.05) is 24.5 Å². The molecule has 0 spiro atoms. The topological polar surface area (TPSA) is 75.4 Å². The molecule has 1 aromatic rings. The summed E-state index contributed by atoms with van der Waals surface area (Å²) in [5, 5.41) is 9.08. The summed E-state index contributed by atoms with van der Waals surface area (Å²) in [6.07, 6.45) is 9.81. The Kier molecular flexibility index (Phi) is 7.30. The van der Waals surface area contributed by atoms with E-state index in [1.807, 2.05) is 24.3 Å². The molecule has 1 aliphatic carbocycles. The largest absolute Gasteiger partial charge is 0.319 e. The Morgan fingerprint density at radius 1 is 1.30 bits per heavy atom. The third-order valence-corrected chi connectivity index (χ3v) is 8.69. The van der Waals surface area contributed by atoms with Crippen LogP contribution in [-0.2, 0) is 16.6 Å². The van der Waals surface area contributed by atoms with Gasteiger partial charge in [0.05, 0.1) is 3.81 Å². The van der Waals surface area contributed by atoms with Gasteiger partial charge in [-0.05, 0) is 46.8 Å². The third kappa shape index (κ3) is 5.73. The second-order valence-corrected chi connectivity index (χ2v) is 11.9. The number of para-hydroxylation sites is 1. The van der Waals surface area contributed by atoms with Gasteiger partial charge in [0.25, 0.3) is 0 Å². The Labute approximate surface area is 175 Å². The van der Waals surface area contributed by atoms with Crippen molar-refractivity contribution in [2.75, 3.05) is 4.90 Å². The lowest BCUT2D eigenvalue weighted by Gasteiger charge is -2.27. The van der Waals surface area contributed by atoms with Gasteiger partial charge in [-0.3, -0.25) is 0 Å². The van der Waals surface area contributed by atoms with E-state index < -0.39 is 14.7 Å². The predicted molar refractivity (Wildman–Crippen MR) is 118 cm³/mol. The minimum Gasteiger partial charge on any atom is -0.319 e. The molecule has 2 unspecified atom stereocenters. The number of nitrogens with two attached hydrogens (primary N) is 1. The fraction of sp³-hybridized carbons (Fsp3) is 0.579. The van der Waals surface area contributed by atoms with E-state index in [9.17, 15) is 8.42 Å². The van der Waals surface area contributed by atoms with Crippen molar-refractivity contribution in [2.45, 2.75) is 62.7 Å². The SMILES string of the molecule is CC(CC1CCCCC1)NCc1ccccc1N1C=C(Br)SC1S(N)(=O)=O. The van der Waals surface area contributed by atoms with E-state index in [4.69, 9.17) is 5.14 Å². The van der Waals surface area contributed by atoms with E-state index in [0.717, 1.165) is 21.0 Å². The minimum atomic E-state index is -3.71. The highest BCUT2D eigenvalue weighted by atomic mass is 79.9. The average Bonchev–Trinajstić information content (AvgIpc) is 3.03. The van der Waals surface area contributed by atoms with Crippen LogP contribution in [0.2, 0.25) is 0 Å². The van der Waals surface area contributed by atoms with Gasteiger partial charge in [-0.2, -0.15) is 0 Å². The lowest BCUT2D eigenvalue weighted by Crippen LogP contribution is -2.37. The molecule has 1 aromatic carbocycles. The van der Waals surface area contributed by atoms with E-state index in [0.29, 0.717) is 12.6 Å². The number of sulfonamides is 1. The molecule has 0 aromatic heterocycles. The van der Waals surface area contributed by atoms with Crippen LogP contribution in [0.5, 0.6) is 0 Å². The number of nitrogens with one attached hydrogen (secondary N) is 1. The Morgan fingerprint density at radius 2 is 2.00 bits per heavy atom. The third-order valence-electron chi connectivity index (χ3n) is 5.28. The second kappa shape index (κ2) is 9.31. The molecule has 1 heterocycles. The van der Waals surface area contributed by atoms with Gasteiger partial charge in [-0.15, -0.1) is 0 Å². The van der Waals surface area contributed by atoms with E-state index >= 15 is 0 Å². The van der Waals surface area contributed by atoms with Crippen LogP contribution in [-0.4, -0.2) is 19.2 Å². The van der Waals surface area contributed by atoms with Crippen LogP contribution in [0.15, 0.2) is 34.3 Å². The zero-order valence-corrected chi connectivity index (χ0v) is 18.8. The lowest BCUT2D eigenvalue weighted by molar-refractivity contribution is 0.304. The molecule has 0 amide bonds. The molecule has 0 bridgehead atoms. The first kappa shape index (κ1) is 21.2. The normalized spacial score (nSPS) is 22.7. The minimum absolute atomic E-state index is 0.436. The molecular weight excluding hydrogens is 446 g/mol. The van der Waals surface area contributed by atoms with Crippen molar-refractivity contribution in [1.29, 1.82) is 0 Å². The fourth-order valence-corrected chi connectivity index (χ4v) is 7.08. The molecule has 27 heavy (non-hydrogen) atoms. The maximum absolute atomic E-state index is 12.0. The molecule has 0 radical (unpaired) electrons. The van der Waals surface area contributed by atoms with Gasteiger partial charge in [0.1, 0.15) is 0 Å². The number of nitrogens with zero attached hydrogens (tertiary/aromatic N) is 1. The van der Waals surface area contributed by atoms with Crippen LogP contribution in [0.4, 0.5) is 5.69 Å². The number of rotatable bonds is 7. The van der Waals surface area contributed by atoms with Crippen molar-refractivity contribution in [2.24, 2.45) is 11.1 Å². The van der Waals surface area contributed by atoms with Gasteiger partial charge < -0.3 is 10.2 Å². The summed E-state index contributed by atoms with van der Waals surface area (Å²) >= 11 is 4.60. The second-order valence-electron chi connectivity index (χ2n) is 7.50. The van der Waals surface area contributed by atoms with Crippen LogP contribution in [0.25, 0.3) is 0 Å². The monoisotopic (exact) mass is 473 g/mol. The van der Waals surface area contributed by atoms with E-state index in [1.54, 1.807) is 11.1 Å². The summed E-state index contributed by atoms with van der Waals surface area (Å²) in [6, 6.07) is 8.34. The Balaban J connectivity index is 1.68. The zero-order valence-electron chi connectivity index (χ0n) is 15.6. The van der Waals surface area contributed by atoms with E-state index in [1.165, 1.54) is 50.3 Å². The number of benzene rings is 1. The smallest absolute Gasteiger partial charge is 0.240 e. The quantitative estimate of drug-likeness (QED) is 0.611. The van der Waals surface area contributed by atoms with Crippen molar-refractivity contribution < 1.29 is 8.42 Å². The lowest BCUT2D eigenvalue weighted by atomic mass is 9.85. The number of anilines is 1. The Bertz CT molecular complexity index is 779. The number of hydrogen-bond donors (Lipinski definition) is 2. The van der Waals surface area contributed by atoms with Gasteiger partial charge in [0.2, 0.25) is 14.7 Å². The molecule has 0 saturated heterocycles. The zero-order chi connectivity index (χ0) is 19.4. The number of primary sulfonamides is 1. The summed E-state index contributed by atoms with van der Waals surface area (Å²) in [7, 11) is -3.71. The molecule has 3 rings (SSSR count). The van der Waals surface area contributed by atoms with Crippen molar-refractivity contribution in [3.05, 3.63) is 39.8 Å². The summed E-state index contributed by atoms with van der Waals surface area (Å²) < 4.78 is 23.9. The number of hydrogen-bond acceptors (Lipinski definition) is 5. The summed E-state index contributed by atoms with van der Waals surface area (Å²) in [6.45, 7) is 2.95. The predicted octanol–water partition coefficient (Wildman–Crippen LogP) is 4.45. The van der Waals surface area contributed by atoms with Crippen LogP contribution < -0.4 is 15.4 Å². The van der Waals surface area contributed by atoms with Gasteiger partial charge >= 0.3 is 0 Å². The molecule has 1 aliphatic heterocycles. The highest BCUT2D eigenvalue weighted by molar-refractivity contribution is 9.14. The molecule has 5 nitrogen and oxygen atoms in total. The highest BCUT2D eigenvalue weighted by Gasteiger charge is 2.35. The van der Waals surface area contributed by atoms with Crippen molar-refractivity contribution in [3.63, 3.8) is 0 Å². The molecule has 2 aliphatic rings. The first-order chi connectivity index (χ1) is 12.8. The van der Waals surface area contributed by atoms with Crippen LogP contribution in [0.3, 0.4) is 0 Å². The van der Waals surface area contributed by atoms with Crippen molar-refractivity contribution in [1.82, 2.24) is 5.32 Å². The number of thioether (sulfide) groups is 1. The molecule has 3 N–H and O–H groups in total. The van der Waals surface area contributed by atoms with E-state index in [2.05, 4.69) is 28.2 Å². The molecule has 1 fully saturated rings. The Hall–Kier alpha value is -0.540. The maximum atomic E-state index is 12.0. The Morgan fingerprint density at radius 3 is 2.70 bits per heavy atom. The summed E-state index contributed by atoms with van der Waals surface area (Å²) in [5.41, 5.74) is 1.94. The maximum Gasteiger partial charge on any atom is 0.240 e. The number of halogens is 1. The highest BCUT2D eigenvalue weighted by Crippen LogP contribution is 2.42. The molecule has 2 atom stereocenters. The molecule has 8 heteroatoms. The summed E-state index contributed by atoms with van der Waals surface area (Å²) in [4.78, 5) is 1.74. The van der Waals surface area contributed by atoms with Crippen LogP contribution in [0, 0.1) is 5.92 Å². The molecule has 1 saturated carbocycles. The fourth-order valence-electron chi connectivity index (χ4n) is 3.96. The van der Waals surface area contributed by atoms with Gasteiger partial charge in [-0.25, -0.2) is 13.6 Å². The molecular formula is C19H28BrN3O2S2. The van der Waals surface area contributed by atoms with Crippen molar-refractivity contribution >= 4 is 43.4 Å². The van der Waals surface area contributed by atoms with Crippen LogP contribution >= 0.6 is 27.7 Å².